The molecule has 2 amide bonds. The zero-order chi connectivity index (χ0) is 18.8. The summed E-state index contributed by atoms with van der Waals surface area (Å²) >= 11 is 0. The number of fused-ring (bicyclic) bond motifs is 1. The number of carbonyl (C=O) groups excluding carboxylic acids is 2. The molecule has 0 aliphatic carbocycles. The smallest absolute Gasteiger partial charge is 0.229 e. The van der Waals surface area contributed by atoms with Gasteiger partial charge in [0.25, 0.3) is 0 Å². The van der Waals surface area contributed by atoms with E-state index in [0.29, 0.717) is 25.3 Å². The maximum atomic E-state index is 13.2. The van der Waals surface area contributed by atoms with Crippen LogP contribution in [0, 0.1) is 11.7 Å². The number of H-pyrrole nitrogens is 1. The number of aromatic nitrogens is 2. The third-order valence-corrected chi connectivity index (χ3v) is 4.80. The van der Waals surface area contributed by atoms with E-state index in [9.17, 15) is 14.0 Å². The third-order valence-electron chi connectivity index (χ3n) is 4.80. The quantitative estimate of drug-likeness (QED) is 0.728. The largest absolute Gasteiger partial charge is 0.355 e. The predicted octanol–water partition coefficient (Wildman–Crippen LogP) is 2.41. The summed E-state index contributed by atoms with van der Waals surface area (Å²) in [5.41, 5.74) is 1.67. The maximum Gasteiger partial charge on any atom is 0.229 e. The van der Waals surface area contributed by atoms with Crippen LogP contribution >= 0.6 is 0 Å². The SMILES string of the molecule is O=C(NCCc1cccc(F)c1)C1CC(=O)N(c2n[nH]c3ccccc23)C1. The minimum Gasteiger partial charge on any atom is -0.355 e. The van der Waals surface area contributed by atoms with Crippen LogP contribution in [0.1, 0.15) is 12.0 Å². The zero-order valence-electron chi connectivity index (χ0n) is 14.6. The fourth-order valence-corrected chi connectivity index (χ4v) is 3.41. The van der Waals surface area contributed by atoms with Crippen molar-refractivity contribution in [1.29, 1.82) is 0 Å². The van der Waals surface area contributed by atoms with Gasteiger partial charge in [-0.3, -0.25) is 19.6 Å². The van der Waals surface area contributed by atoms with Gasteiger partial charge in [-0.25, -0.2) is 4.39 Å². The summed E-state index contributed by atoms with van der Waals surface area (Å²) in [5.74, 6) is -0.423. The predicted molar refractivity (Wildman–Crippen MR) is 99.7 cm³/mol. The second-order valence-electron chi connectivity index (χ2n) is 6.67. The summed E-state index contributed by atoms with van der Waals surface area (Å²) in [7, 11) is 0. The van der Waals surface area contributed by atoms with E-state index in [0.717, 1.165) is 16.5 Å². The lowest BCUT2D eigenvalue weighted by molar-refractivity contribution is -0.126. The molecule has 1 atom stereocenters. The van der Waals surface area contributed by atoms with Crippen molar-refractivity contribution in [2.24, 2.45) is 5.92 Å². The fraction of sp³-hybridized carbons (Fsp3) is 0.250. The molecule has 7 heteroatoms. The molecule has 2 aromatic carbocycles. The van der Waals surface area contributed by atoms with Crippen LogP contribution in [0.2, 0.25) is 0 Å². The summed E-state index contributed by atoms with van der Waals surface area (Å²) in [5, 5.41) is 10.9. The van der Waals surface area contributed by atoms with Crippen molar-refractivity contribution in [3.8, 4) is 0 Å². The molecule has 2 heterocycles. The lowest BCUT2D eigenvalue weighted by Crippen LogP contribution is -2.34. The van der Waals surface area contributed by atoms with Gasteiger partial charge in [0, 0.05) is 24.9 Å². The Labute approximate surface area is 155 Å². The summed E-state index contributed by atoms with van der Waals surface area (Å²) in [6.07, 6.45) is 0.699. The van der Waals surface area contributed by atoms with Gasteiger partial charge in [0.2, 0.25) is 11.8 Å². The van der Waals surface area contributed by atoms with Crippen LogP contribution in [-0.2, 0) is 16.0 Å². The second-order valence-corrected chi connectivity index (χ2v) is 6.67. The molecule has 1 unspecified atom stereocenters. The molecular weight excluding hydrogens is 347 g/mol. The van der Waals surface area contributed by atoms with E-state index in [4.69, 9.17) is 0 Å². The molecule has 27 heavy (non-hydrogen) atoms. The molecule has 1 fully saturated rings. The number of aromatic amines is 1. The lowest BCUT2D eigenvalue weighted by Gasteiger charge is -2.14. The molecule has 1 aliphatic rings. The Morgan fingerprint density at radius 3 is 2.96 bits per heavy atom. The minimum atomic E-state index is -0.416. The van der Waals surface area contributed by atoms with Gasteiger partial charge in [-0.05, 0) is 36.2 Å². The van der Waals surface area contributed by atoms with Crippen LogP contribution in [-0.4, -0.2) is 35.1 Å². The van der Waals surface area contributed by atoms with Gasteiger partial charge in [0.15, 0.2) is 5.82 Å². The van der Waals surface area contributed by atoms with Gasteiger partial charge >= 0.3 is 0 Å². The van der Waals surface area contributed by atoms with Crippen molar-refractivity contribution in [3.63, 3.8) is 0 Å². The average Bonchev–Trinajstić information content (AvgIpc) is 3.25. The van der Waals surface area contributed by atoms with E-state index >= 15 is 0 Å². The highest BCUT2D eigenvalue weighted by Crippen LogP contribution is 2.29. The second kappa shape index (κ2) is 7.19. The van der Waals surface area contributed by atoms with Gasteiger partial charge < -0.3 is 5.32 Å². The first-order valence-corrected chi connectivity index (χ1v) is 8.87. The third kappa shape index (κ3) is 3.53. The standard InChI is InChI=1S/C20H19FN4O2/c21-15-5-3-4-13(10-15)8-9-22-20(27)14-11-18(26)25(12-14)19-16-6-1-2-7-17(16)23-24-19/h1-7,10,14H,8-9,11-12H2,(H,22,27)(H,23,24). The van der Waals surface area contributed by atoms with Crippen LogP contribution < -0.4 is 10.2 Å². The number of benzene rings is 2. The highest BCUT2D eigenvalue weighted by Gasteiger charge is 2.36. The van der Waals surface area contributed by atoms with Gasteiger partial charge in [0.1, 0.15) is 5.82 Å². The molecule has 2 N–H and O–H groups in total. The number of carbonyl (C=O) groups is 2. The van der Waals surface area contributed by atoms with E-state index in [1.807, 2.05) is 30.3 Å². The molecule has 1 aliphatic heterocycles. The van der Waals surface area contributed by atoms with Gasteiger partial charge in [-0.2, -0.15) is 5.10 Å². The Morgan fingerprint density at radius 2 is 2.11 bits per heavy atom. The number of nitrogens with one attached hydrogen (secondary N) is 2. The van der Waals surface area contributed by atoms with Crippen LogP contribution in [0.4, 0.5) is 10.2 Å². The Kier molecular flexibility index (Phi) is 4.58. The Bertz CT molecular complexity index is 1000. The number of anilines is 1. The van der Waals surface area contributed by atoms with Gasteiger partial charge in [-0.1, -0.05) is 24.3 Å². The Hall–Kier alpha value is -3.22. The molecular formula is C20H19FN4O2. The number of nitrogens with zero attached hydrogens (tertiary/aromatic N) is 2. The number of rotatable bonds is 5. The molecule has 0 spiro atoms. The number of para-hydroxylation sites is 1. The summed E-state index contributed by atoms with van der Waals surface area (Å²) in [6, 6.07) is 13.9. The highest BCUT2D eigenvalue weighted by molar-refractivity contribution is 6.05. The lowest BCUT2D eigenvalue weighted by atomic mass is 10.1. The summed E-state index contributed by atoms with van der Waals surface area (Å²) in [6.45, 7) is 0.706. The van der Waals surface area contributed by atoms with E-state index in [1.54, 1.807) is 11.0 Å². The number of amides is 2. The molecule has 0 saturated carbocycles. The first-order valence-electron chi connectivity index (χ1n) is 8.87. The van der Waals surface area contributed by atoms with Crippen LogP contribution in [0.3, 0.4) is 0 Å². The van der Waals surface area contributed by atoms with Gasteiger partial charge in [0.05, 0.1) is 11.4 Å². The van der Waals surface area contributed by atoms with Crippen molar-refractivity contribution >= 4 is 28.5 Å². The zero-order valence-corrected chi connectivity index (χ0v) is 14.6. The monoisotopic (exact) mass is 366 g/mol. The first kappa shape index (κ1) is 17.2. The van der Waals surface area contributed by atoms with Crippen LogP contribution in [0.25, 0.3) is 10.9 Å². The molecule has 1 saturated heterocycles. The Morgan fingerprint density at radius 1 is 1.26 bits per heavy atom. The van der Waals surface area contributed by atoms with E-state index in [1.165, 1.54) is 12.1 Å². The average molecular weight is 366 g/mol. The van der Waals surface area contributed by atoms with E-state index in [2.05, 4.69) is 15.5 Å². The van der Waals surface area contributed by atoms with Crippen LogP contribution in [0.5, 0.6) is 0 Å². The molecule has 138 valence electrons. The summed E-state index contributed by atoms with van der Waals surface area (Å²) < 4.78 is 13.2. The molecule has 0 bridgehead atoms. The van der Waals surface area contributed by atoms with Crippen LogP contribution in [0.15, 0.2) is 48.5 Å². The van der Waals surface area contributed by atoms with Gasteiger partial charge in [-0.15, -0.1) is 0 Å². The number of halogens is 1. The Balaban J connectivity index is 1.38. The van der Waals surface area contributed by atoms with E-state index in [-0.39, 0.29) is 24.1 Å². The van der Waals surface area contributed by atoms with Crippen molar-refractivity contribution in [2.75, 3.05) is 18.0 Å². The molecule has 3 aromatic rings. The number of hydrogen-bond donors (Lipinski definition) is 2. The molecule has 4 rings (SSSR count). The fourth-order valence-electron chi connectivity index (χ4n) is 3.41. The van der Waals surface area contributed by atoms with Crippen molar-refractivity contribution in [3.05, 3.63) is 59.9 Å². The first-order chi connectivity index (χ1) is 13.1. The topological polar surface area (TPSA) is 78.1 Å². The normalized spacial score (nSPS) is 16.9. The molecule has 0 radical (unpaired) electrons. The molecule has 6 nitrogen and oxygen atoms in total. The minimum absolute atomic E-state index is 0.113. The number of hydrogen-bond acceptors (Lipinski definition) is 3. The highest BCUT2D eigenvalue weighted by atomic mass is 19.1. The van der Waals surface area contributed by atoms with Crippen molar-refractivity contribution in [1.82, 2.24) is 15.5 Å². The molecule has 1 aromatic heterocycles. The van der Waals surface area contributed by atoms with Crippen molar-refractivity contribution in [2.45, 2.75) is 12.8 Å². The van der Waals surface area contributed by atoms with Crippen molar-refractivity contribution < 1.29 is 14.0 Å². The maximum absolute atomic E-state index is 13.2. The van der Waals surface area contributed by atoms with E-state index < -0.39 is 5.92 Å². The summed E-state index contributed by atoms with van der Waals surface area (Å²) in [4.78, 5) is 26.4.